The third-order valence-electron chi connectivity index (χ3n) is 3.33. The second-order valence-electron chi connectivity index (χ2n) is 4.73. The minimum Gasteiger partial charge on any atom is -0.328 e. The minimum atomic E-state index is -4.40. The van der Waals surface area contributed by atoms with E-state index in [-0.39, 0.29) is 11.5 Å². The Hall–Kier alpha value is -2.44. The summed E-state index contributed by atoms with van der Waals surface area (Å²) in [6, 6.07) is 4.21. The van der Waals surface area contributed by atoms with Gasteiger partial charge < -0.3 is 4.90 Å². The van der Waals surface area contributed by atoms with E-state index in [2.05, 4.69) is 9.97 Å². The number of amides is 1. The quantitative estimate of drug-likeness (QED) is 0.812. The Morgan fingerprint density at radius 3 is 2.48 bits per heavy atom. The van der Waals surface area contributed by atoms with Crippen LogP contribution in [0, 0.1) is 0 Å². The van der Waals surface area contributed by atoms with E-state index in [1.807, 2.05) is 0 Å². The van der Waals surface area contributed by atoms with E-state index >= 15 is 0 Å². The fourth-order valence-corrected chi connectivity index (χ4v) is 2.23. The van der Waals surface area contributed by atoms with Gasteiger partial charge in [-0.15, -0.1) is 0 Å². The van der Waals surface area contributed by atoms with Crippen molar-refractivity contribution in [2.45, 2.75) is 19.3 Å². The van der Waals surface area contributed by atoms with Gasteiger partial charge in [0, 0.05) is 23.9 Å². The lowest BCUT2D eigenvalue weighted by molar-refractivity contribution is -0.137. The van der Waals surface area contributed by atoms with Crippen molar-refractivity contribution < 1.29 is 18.0 Å². The summed E-state index contributed by atoms with van der Waals surface area (Å²) >= 11 is 0. The molecular formula is C14H10F3N3O. The molecule has 21 heavy (non-hydrogen) atoms. The number of carbonyl (C=O) groups excluding carboxylic acids is 1. The summed E-state index contributed by atoms with van der Waals surface area (Å²) in [6.45, 7) is 0.716. The first kappa shape index (κ1) is 13.5. The maximum absolute atomic E-state index is 12.5. The highest BCUT2D eigenvalue weighted by molar-refractivity contribution is 5.94. The minimum absolute atomic E-state index is 0.226. The van der Waals surface area contributed by atoms with Crippen LogP contribution in [-0.2, 0) is 19.3 Å². The molecule has 1 aliphatic rings. The molecule has 0 N–H and O–H groups in total. The SMILES string of the molecule is O=C(c1ccc(C(F)(F)F)cc1)N1Cc2cncnc2C1. The van der Waals surface area contributed by atoms with Crippen LogP contribution in [0.4, 0.5) is 13.2 Å². The van der Waals surface area contributed by atoms with Crippen molar-refractivity contribution in [1.82, 2.24) is 14.9 Å². The normalized spacial score (nSPS) is 14.1. The lowest BCUT2D eigenvalue weighted by Gasteiger charge is -2.15. The lowest BCUT2D eigenvalue weighted by Crippen LogP contribution is -2.25. The van der Waals surface area contributed by atoms with Gasteiger partial charge in [0.2, 0.25) is 0 Å². The highest BCUT2D eigenvalue weighted by Gasteiger charge is 2.31. The van der Waals surface area contributed by atoms with Crippen LogP contribution in [0.15, 0.2) is 36.8 Å². The molecule has 0 bridgehead atoms. The molecule has 0 atom stereocenters. The van der Waals surface area contributed by atoms with Crippen LogP contribution in [0.5, 0.6) is 0 Å². The zero-order valence-electron chi connectivity index (χ0n) is 10.8. The first-order chi connectivity index (χ1) is 9.95. The summed E-state index contributed by atoms with van der Waals surface area (Å²) in [5, 5.41) is 0. The first-order valence-corrected chi connectivity index (χ1v) is 6.19. The third-order valence-corrected chi connectivity index (χ3v) is 3.33. The Morgan fingerprint density at radius 1 is 1.14 bits per heavy atom. The average Bonchev–Trinajstić information content (AvgIpc) is 2.89. The van der Waals surface area contributed by atoms with E-state index in [0.29, 0.717) is 13.1 Å². The number of halogens is 3. The molecule has 108 valence electrons. The molecule has 0 spiro atoms. The molecule has 1 aromatic carbocycles. The molecule has 0 fully saturated rings. The number of hydrogen-bond acceptors (Lipinski definition) is 3. The number of alkyl halides is 3. The van der Waals surface area contributed by atoms with Crippen LogP contribution in [0.25, 0.3) is 0 Å². The topological polar surface area (TPSA) is 46.1 Å². The third kappa shape index (κ3) is 2.58. The molecule has 1 amide bonds. The van der Waals surface area contributed by atoms with Gasteiger partial charge in [0.15, 0.2) is 0 Å². The molecule has 7 heteroatoms. The van der Waals surface area contributed by atoms with E-state index in [1.165, 1.54) is 23.4 Å². The molecule has 1 aromatic heterocycles. The van der Waals surface area contributed by atoms with Gasteiger partial charge in [-0.25, -0.2) is 9.97 Å². The van der Waals surface area contributed by atoms with E-state index in [9.17, 15) is 18.0 Å². The summed E-state index contributed by atoms with van der Waals surface area (Å²) in [5.41, 5.74) is 1.08. The summed E-state index contributed by atoms with van der Waals surface area (Å²) in [5.74, 6) is -0.318. The van der Waals surface area contributed by atoms with E-state index < -0.39 is 11.7 Å². The van der Waals surface area contributed by atoms with Crippen LogP contribution in [0.2, 0.25) is 0 Å². The van der Waals surface area contributed by atoms with Gasteiger partial charge in [0.1, 0.15) is 6.33 Å². The lowest BCUT2D eigenvalue weighted by atomic mass is 10.1. The maximum atomic E-state index is 12.5. The van der Waals surface area contributed by atoms with Crippen molar-refractivity contribution in [3.63, 3.8) is 0 Å². The fourth-order valence-electron chi connectivity index (χ4n) is 2.23. The first-order valence-electron chi connectivity index (χ1n) is 6.19. The van der Waals surface area contributed by atoms with Crippen LogP contribution in [0.1, 0.15) is 27.2 Å². The Bertz CT molecular complexity index is 658. The smallest absolute Gasteiger partial charge is 0.328 e. The van der Waals surface area contributed by atoms with Gasteiger partial charge in [-0.05, 0) is 24.3 Å². The number of hydrogen-bond donors (Lipinski definition) is 0. The summed E-state index contributed by atoms with van der Waals surface area (Å²) in [4.78, 5) is 21.8. The molecule has 0 saturated carbocycles. The van der Waals surface area contributed by atoms with E-state index in [4.69, 9.17) is 0 Å². The Morgan fingerprint density at radius 2 is 1.86 bits per heavy atom. The van der Waals surface area contributed by atoms with Crippen LogP contribution in [-0.4, -0.2) is 20.8 Å². The van der Waals surface area contributed by atoms with Crippen molar-refractivity contribution in [3.05, 3.63) is 59.2 Å². The maximum Gasteiger partial charge on any atom is 0.416 e. The number of rotatable bonds is 1. The summed E-state index contributed by atoms with van der Waals surface area (Å²) in [6.07, 6.45) is -1.35. The molecule has 2 aromatic rings. The molecule has 0 unspecified atom stereocenters. The van der Waals surface area contributed by atoms with Gasteiger partial charge in [-0.1, -0.05) is 0 Å². The number of carbonyl (C=O) groups is 1. The zero-order chi connectivity index (χ0) is 15.0. The number of aromatic nitrogens is 2. The number of benzene rings is 1. The van der Waals surface area contributed by atoms with Crippen molar-refractivity contribution in [2.75, 3.05) is 0 Å². The Kier molecular flexibility index (Phi) is 3.12. The van der Waals surface area contributed by atoms with Crippen molar-refractivity contribution >= 4 is 5.91 Å². The molecule has 0 radical (unpaired) electrons. The highest BCUT2D eigenvalue weighted by Crippen LogP contribution is 2.29. The molecule has 0 saturated heterocycles. The van der Waals surface area contributed by atoms with Gasteiger partial charge in [-0.3, -0.25) is 4.79 Å². The standard InChI is InChI=1S/C14H10F3N3O/c15-14(16,17)11-3-1-9(2-4-11)13(21)20-6-10-5-18-8-19-12(10)7-20/h1-5,8H,6-7H2. The van der Waals surface area contributed by atoms with E-state index in [0.717, 1.165) is 23.4 Å². The fraction of sp³-hybridized carbons (Fsp3) is 0.214. The van der Waals surface area contributed by atoms with Crippen molar-refractivity contribution in [2.24, 2.45) is 0 Å². The Balaban J connectivity index is 1.78. The molecule has 4 nitrogen and oxygen atoms in total. The van der Waals surface area contributed by atoms with Crippen molar-refractivity contribution in [1.29, 1.82) is 0 Å². The predicted molar refractivity (Wildman–Crippen MR) is 67.1 cm³/mol. The molecule has 1 aliphatic heterocycles. The van der Waals surface area contributed by atoms with Gasteiger partial charge >= 0.3 is 6.18 Å². The predicted octanol–water partition coefficient (Wildman–Crippen LogP) is 2.65. The van der Waals surface area contributed by atoms with Crippen LogP contribution < -0.4 is 0 Å². The molecule has 3 rings (SSSR count). The highest BCUT2D eigenvalue weighted by atomic mass is 19.4. The average molecular weight is 293 g/mol. The van der Waals surface area contributed by atoms with Crippen molar-refractivity contribution in [3.8, 4) is 0 Å². The molecule has 0 aliphatic carbocycles. The number of fused-ring (bicyclic) bond motifs is 1. The number of nitrogens with zero attached hydrogens (tertiary/aromatic N) is 3. The summed E-state index contributed by atoms with van der Waals surface area (Å²) in [7, 11) is 0. The van der Waals surface area contributed by atoms with Gasteiger partial charge in [-0.2, -0.15) is 13.2 Å². The van der Waals surface area contributed by atoms with E-state index in [1.54, 1.807) is 6.20 Å². The largest absolute Gasteiger partial charge is 0.416 e. The second-order valence-corrected chi connectivity index (χ2v) is 4.73. The zero-order valence-corrected chi connectivity index (χ0v) is 10.8. The van der Waals surface area contributed by atoms with Gasteiger partial charge in [0.25, 0.3) is 5.91 Å². The second kappa shape index (κ2) is 4.83. The molecular weight excluding hydrogens is 283 g/mol. The van der Waals surface area contributed by atoms with Gasteiger partial charge in [0.05, 0.1) is 17.8 Å². The summed E-state index contributed by atoms with van der Waals surface area (Å²) < 4.78 is 37.5. The Labute approximate surface area is 118 Å². The molecule has 2 heterocycles. The van der Waals surface area contributed by atoms with Crippen LogP contribution >= 0.6 is 0 Å². The van der Waals surface area contributed by atoms with Crippen LogP contribution in [0.3, 0.4) is 0 Å². The monoisotopic (exact) mass is 293 g/mol.